The highest BCUT2D eigenvalue weighted by Gasteiger charge is 2.31. The molecule has 4 heteroatoms. The molecule has 3 rings (SSSR count). The van der Waals surface area contributed by atoms with Crippen LogP contribution in [0.1, 0.15) is 24.0 Å². The van der Waals surface area contributed by atoms with E-state index in [2.05, 4.69) is 0 Å². The van der Waals surface area contributed by atoms with Crippen LogP contribution in [0.15, 0.2) is 54.6 Å². The second-order valence-corrected chi connectivity index (χ2v) is 5.58. The SMILES string of the molecule is O=C1CC(=O)C(CCc2ccc(OCc3ccccc3)cc2)O1. The van der Waals surface area contributed by atoms with Crippen LogP contribution in [-0.4, -0.2) is 17.9 Å². The Morgan fingerprint density at radius 2 is 1.70 bits per heavy atom. The van der Waals surface area contributed by atoms with E-state index in [-0.39, 0.29) is 12.2 Å². The molecule has 0 bridgehead atoms. The van der Waals surface area contributed by atoms with Crippen molar-refractivity contribution in [2.45, 2.75) is 32.0 Å². The van der Waals surface area contributed by atoms with Crippen molar-refractivity contribution in [1.29, 1.82) is 0 Å². The van der Waals surface area contributed by atoms with E-state index in [9.17, 15) is 9.59 Å². The fraction of sp³-hybridized carbons (Fsp3) is 0.263. The van der Waals surface area contributed by atoms with Gasteiger partial charge in [0.2, 0.25) is 0 Å². The van der Waals surface area contributed by atoms with E-state index in [4.69, 9.17) is 9.47 Å². The predicted octanol–water partition coefficient (Wildman–Crippen LogP) is 3.08. The van der Waals surface area contributed by atoms with Gasteiger partial charge in [0.15, 0.2) is 11.9 Å². The van der Waals surface area contributed by atoms with Gasteiger partial charge in [-0.1, -0.05) is 42.5 Å². The quantitative estimate of drug-likeness (QED) is 0.608. The van der Waals surface area contributed by atoms with E-state index < -0.39 is 12.1 Å². The van der Waals surface area contributed by atoms with Crippen LogP contribution in [0.5, 0.6) is 5.75 Å². The number of esters is 1. The first kappa shape index (κ1) is 15.3. The number of ether oxygens (including phenoxy) is 2. The molecule has 1 fully saturated rings. The maximum atomic E-state index is 11.5. The van der Waals surface area contributed by atoms with Gasteiger partial charge < -0.3 is 9.47 Å². The zero-order valence-electron chi connectivity index (χ0n) is 12.7. The number of hydrogen-bond donors (Lipinski definition) is 0. The van der Waals surface area contributed by atoms with E-state index >= 15 is 0 Å². The maximum Gasteiger partial charge on any atom is 0.314 e. The molecule has 0 spiro atoms. The molecule has 1 aliphatic heterocycles. The molecule has 0 saturated carbocycles. The smallest absolute Gasteiger partial charge is 0.314 e. The van der Waals surface area contributed by atoms with Crippen molar-refractivity contribution in [3.63, 3.8) is 0 Å². The van der Waals surface area contributed by atoms with Crippen molar-refractivity contribution < 1.29 is 19.1 Å². The Kier molecular flexibility index (Phi) is 4.71. The first-order valence-electron chi connectivity index (χ1n) is 7.68. The largest absolute Gasteiger partial charge is 0.489 e. The van der Waals surface area contributed by atoms with Crippen LogP contribution in [0.2, 0.25) is 0 Å². The average Bonchev–Trinajstić information content (AvgIpc) is 2.90. The summed E-state index contributed by atoms with van der Waals surface area (Å²) in [5.41, 5.74) is 2.21. The Hall–Kier alpha value is -2.62. The molecule has 118 valence electrons. The summed E-state index contributed by atoms with van der Waals surface area (Å²) in [7, 11) is 0. The zero-order chi connectivity index (χ0) is 16.1. The topological polar surface area (TPSA) is 52.6 Å². The first-order valence-corrected chi connectivity index (χ1v) is 7.68. The van der Waals surface area contributed by atoms with Gasteiger partial charge in [-0.25, -0.2) is 0 Å². The van der Waals surface area contributed by atoms with Gasteiger partial charge in [0, 0.05) is 0 Å². The number of cyclic esters (lactones) is 1. The van der Waals surface area contributed by atoms with Crippen LogP contribution in [0.4, 0.5) is 0 Å². The summed E-state index contributed by atoms with van der Waals surface area (Å²) in [5.74, 6) is 0.281. The lowest BCUT2D eigenvalue weighted by molar-refractivity contribution is -0.142. The highest BCUT2D eigenvalue weighted by molar-refractivity contribution is 6.03. The number of hydrogen-bond acceptors (Lipinski definition) is 4. The number of rotatable bonds is 6. The summed E-state index contributed by atoms with van der Waals surface area (Å²) < 4.78 is 10.7. The predicted molar refractivity (Wildman–Crippen MR) is 85.0 cm³/mol. The number of carbonyl (C=O) groups excluding carboxylic acids is 2. The highest BCUT2D eigenvalue weighted by atomic mass is 16.6. The highest BCUT2D eigenvalue weighted by Crippen LogP contribution is 2.19. The molecule has 2 aromatic carbocycles. The third-order valence-corrected chi connectivity index (χ3v) is 3.82. The number of carbonyl (C=O) groups is 2. The van der Waals surface area contributed by atoms with E-state index in [1.165, 1.54) is 0 Å². The standard InChI is InChI=1S/C19H18O4/c20-17-12-19(21)23-18(17)11-8-14-6-9-16(10-7-14)22-13-15-4-2-1-3-5-15/h1-7,9-10,18H,8,11-13H2. The number of ketones is 1. The fourth-order valence-electron chi connectivity index (χ4n) is 2.53. The molecule has 0 aromatic heterocycles. The van der Waals surface area contributed by atoms with Crippen molar-refractivity contribution in [3.05, 3.63) is 65.7 Å². The van der Waals surface area contributed by atoms with Gasteiger partial charge in [-0.2, -0.15) is 0 Å². The first-order chi connectivity index (χ1) is 11.2. The van der Waals surface area contributed by atoms with Gasteiger partial charge in [0.25, 0.3) is 0 Å². The number of Topliss-reactive ketones (excluding diaryl/α,β-unsaturated/α-hetero) is 1. The molecule has 2 aromatic rings. The molecule has 1 unspecified atom stereocenters. The third-order valence-electron chi connectivity index (χ3n) is 3.82. The van der Waals surface area contributed by atoms with Gasteiger partial charge in [-0.15, -0.1) is 0 Å². The summed E-state index contributed by atoms with van der Waals surface area (Å²) in [5, 5.41) is 0. The lowest BCUT2D eigenvalue weighted by atomic mass is 10.0. The molecule has 0 N–H and O–H groups in total. The van der Waals surface area contributed by atoms with Crippen LogP contribution in [0.25, 0.3) is 0 Å². The minimum absolute atomic E-state index is 0.0864. The van der Waals surface area contributed by atoms with Gasteiger partial charge in [-0.3, -0.25) is 9.59 Å². The summed E-state index contributed by atoms with van der Waals surface area (Å²) in [4.78, 5) is 22.6. The van der Waals surface area contributed by atoms with Gasteiger partial charge in [0.1, 0.15) is 18.8 Å². The Labute approximate surface area is 135 Å². The summed E-state index contributed by atoms with van der Waals surface area (Å²) in [6.07, 6.45) is 0.575. The average molecular weight is 310 g/mol. The van der Waals surface area contributed by atoms with Crippen LogP contribution < -0.4 is 4.74 Å². The van der Waals surface area contributed by atoms with E-state index in [1.54, 1.807) is 0 Å². The Morgan fingerprint density at radius 3 is 2.35 bits per heavy atom. The zero-order valence-corrected chi connectivity index (χ0v) is 12.7. The van der Waals surface area contributed by atoms with E-state index in [1.807, 2.05) is 54.6 Å². The molecular weight excluding hydrogens is 292 g/mol. The Balaban J connectivity index is 1.49. The molecule has 0 amide bonds. The van der Waals surface area contributed by atoms with Gasteiger partial charge in [-0.05, 0) is 36.1 Å². The second kappa shape index (κ2) is 7.09. The molecule has 1 atom stereocenters. The normalized spacial score (nSPS) is 17.1. The maximum absolute atomic E-state index is 11.5. The van der Waals surface area contributed by atoms with Gasteiger partial charge >= 0.3 is 5.97 Å². The molecule has 0 aliphatic carbocycles. The molecule has 4 nitrogen and oxygen atoms in total. The van der Waals surface area contributed by atoms with Crippen molar-refractivity contribution >= 4 is 11.8 Å². The van der Waals surface area contributed by atoms with Crippen LogP contribution in [-0.2, 0) is 27.4 Å². The lowest BCUT2D eigenvalue weighted by Gasteiger charge is -2.09. The van der Waals surface area contributed by atoms with Crippen LogP contribution >= 0.6 is 0 Å². The molecule has 23 heavy (non-hydrogen) atoms. The Morgan fingerprint density at radius 1 is 0.957 bits per heavy atom. The summed E-state index contributed by atoms with van der Waals surface area (Å²) in [6, 6.07) is 17.8. The Bertz CT molecular complexity index is 676. The van der Waals surface area contributed by atoms with E-state index in [0.29, 0.717) is 19.4 Å². The monoisotopic (exact) mass is 310 g/mol. The fourth-order valence-corrected chi connectivity index (χ4v) is 2.53. The van der Waals surface area contributed by atoms with Crippen LogP contribution in [0, 0.1) is 0 Å². The van der Waals surface area contributed by atoms with Crippen molar-refractivity contribution in [2.75, 3.05) is 0 Å². The molecule has 1 aliphatic rings. The summed E-state index contributed by atoms with van der Waals surface area (Å²) >= 11 is 0. The molecular formula is C19H18O4. The molecule has 1 saturated heterocycles. The minimum Gasteiger partial charge on any atom is -0.489 e. The van der Waals surface area contributed by atoms with Crippen molar-refractivity contribution in [1.82, 2.24) is 0 Å². The minimum atomic E-state index is -0.573. The van der Waals surface area contributed by atoms with Gasteiger partial charge in [0.05, 0.1) is 0 Å². The molecule has 1 heterocycles. The summed E-state index contributed by atoms with van der Waals surface area (Å²) in [6.45, 7) is 0.534. The number of benzene rings is 2. The van der Waals surface area contributed by atoms with Crippen LogP contribution in [0.3, 0.4) is 0 Å². The van der Waals surface area contributed by atoms with Crippen molar-refractivity contribution in [3.8, 4) is 5.75 Å². The molecule has 0 radical (unpaired) electrons. The number of aryl methyl sites for hydroxylation is 1. The third kappa shape index (κ3) is 4.19. The van der Waals surface area contributed by atoms with E-state index in [0.717, 1.165) is 16.9 Å². The van der Waals surface area contributed by atoms with Crippen molar-refractivity contribution in [2.24, 2.45) is 0 Å². The second-order valence-electron chi connectivity index (χ2n) is 5.58. The lowest BCUT2D eigenvalue weighted by Crippen LogP contribution is -2.16.